The molecule has 0 saturated carbocycles. The molecule has 1 amide bonds. The van der Waals surface area contributed by atoms with Gasteiger partial charge in [-0.25, -0.2) is 0 Å². The van der Waals surface area contributed by atoms with Crippen LogP contribution in [0.2, 0.25) is 0 Å². The van der Waals surface area contributed by atoms with Crippen molar-refractivity contribution in [1.29, 1.82) is 0 Å². The van der Waals surface area contributed by atoms with Gasteiger partial charge >= 0.3 is 5.97 Å². The molecule has 17 heavy (non-hydrogen) atoms. The van der Waals surface area contributed by atoms with Gasteiger partial charge in [0.15, 0.2) is 0 Å². The fourth-order valence-corrected chi connectivity index (χ4v) is 1.13. The average Bonchev–Trinajstić information content (AvgIpc) is 2.37. The average molecular weight is 233 g/mol. The van der Waals surface area contributed by atoms with Gasteiger partial charge in [-0.3, -0.25) is 9.59 Å². The van der Waals surface area contributed by atoms with Crippen LogP contribution >= 0.6 is 0 Å². The van der Waals surface area contributed by atoms with Crippen LogP contribution in [0.3, 0.4) is 0 Å². The van der Waals surface area contributed by atoms with Crippen molar-refractivity contribution in [2.75, 3.05) is 13.2 Å². The van der Waals surface area contributed by atoms with Gasteiger partial charge in [0.05, 0.1) is 0 Å². The van der Waals surface area contributed by atoms with Gasteiger partial charge in [0.25, 0.3) is 5.91 Å². The molecule has 0 fully saturated rings. The van der Waals surface area contributed by atoms with E-state index in [1.165, 1.54) is 0 Å². The number of carbonyl (C=O) groups excluding carboxylic acids is 2. The van der Waals surface area contributed by atoms with Crippen LogP contribution in [-0.2, 0) is 9.53 Å². The molecule has 0 bridgehead atoms. The van der Waals surface area contributed by atoms with Gasteiger partial charge in [-0.05, 0) is 19.1 Å². The van der Waals surface area contributed by atoms with Crippen LogP contribution in [0, 0.1) is 0 Å². The number of esters is 1. The van der Waals surface area contributed by atoms with E-state index in [9.17, 15) is 9.59 Å². The second-order valence-corrected chi connectivity index (χ2v) is 3.30. The summed E-state index contributed by atoms with van der Waals surface area (Å²) in [6.45, 7) is 1.95. The first kappa shape index (κ1) is 13.0. The Kier molecular flexibility index (Phi) is 5.51. The smallest absolute Gasteiger partial charge is 0.325 e. The van der Waals surface area contributed by atoms with Crippen LogP contribution in [-0.4, -0.2) is 25.0 Å². The van der Waals surface area contributed by atoms with Gasteiger partial charge in [0.2, 0.25) is 0 Å². The minimum Gasteiger partial charge on any atom is -0.460 e. The van der Waals surface area contributed by atoms with Crippen molar-refractivity contribution in [1.82, 2.24) is 5.32 Å². The number of hydrogen-bond donors (Lipinski definition) is 1. The van der Waals surface area contributed by atoms with Crippen molar-refractivity contribution in [2.24, 2.45) is 0 Å². The van der Waals surface area contributed by atoms with Crippen molar-refractivity contribution < 1.29 is 14.3 Å². The number of nitrogens with one attached hydrogen (secondary N) is 1. The SMILES string of the molecule is C/C=C/COC(=O)CNC(=O)c1ccccc1. The molecule has 1 rings (SSSR count). The third-order valence-electron chi connectivity index (χ3n) is 2.01. The molecule has 1 aromatic rings. The van der Waals surface area contributed by atoms with Gasteiger partial charge < -0.3 is 10.1 Å². The lowest BCUT2D eigenvalue weighted by atomic mass is 10.2. The van der Waals surface area contributed by atoms with Crippen LogP contribution in [0.15, 0.2) is 42.5 Å². The summed E-state index contributed by atoms with van der Waals surface area (Å²) in [6.07, 6.45) is 3.51. The van der Waals surface area contributed by atoms with Gasteiger partial charge in [-0.1, -0.05) is 30.4 Å². The number of hydrogen-bond acceptors (Lipinski definition) is 3. The number of rotatable bonds is 5. The molecule has 0 radical (unpaired) electrons. The molecule has 0 unspecified atom stereocenters. The summed E-state index contributed by atoms with van der Waals surface area (Å²) in [7, 11) is 0. The van der Waals surface area contributed by atoms with Crippen LogP contribution in [0.1, 0.15) is 17.3 Å². The van der Waals surface area contributed by atoms with Gasteiger partial charge in [-0.15, -0.1) is 0 Å². The standard InChI is InChI=1S/C13H15NO3/c1-2-3-9-17-12(15)10-14-13(16)11-7-5-4-6-8-11/h2-8H,9-10H2,1H3,(H,14,16)/b3-2+. The molecule has 0 atom stereocenters. The lowest BCUT2D eigenvalue weighted by Gasteiger charge is -2.04. The van der Waals surface area contributed by atoms with Crippen molar-refractivity contribution in [3.05, 3.63) is 48.0 Å². The van der Waals surface area contributed by atoms with Crippen molar-refractivity contribution in [3.63, 3.8) is 0 Å². The molecule has 4 nitrogen and oxygen atoms in total. The highest BCUT2D eigenvalue weighted by Crippen LogP contribution is 1.97. The number of ether oxygens (including phenoxy) is 1. The predicted octanol–water partition coefficient (Wildman–Crippen LogP) is 1.54. The topological polar surface area (TPSA) is 55.4 Å². The largest absolute Gasteiger partial charge is 0.460 e. The molecular formula is C13H15NO3. The lowest BCUT2D eigenvalue weighted by Crippen LogP contribution is -2.30. The van der Waals surface area contributed by atoms with Gasteiger partial charge in [-0.2, -0.15) is 0 Å². The molecular weight excluding hydrogens is 218 g/mol. The van der Waals surface area contributed by atoms with Crippen molar-refractivity contribution >= 4 is 11.9 Å². The summed E-state index contributed by atoms with van der Waals surface area (Å²) in [5.41, 5.74) is 0.522. The Morgan fingerprint density at radius 2 is 2.00 bits per heavy atom. The maximum absolute atomic E-state index is 11.5. The van der Waals surface area contributed by atoms with Crippen LogP contribution in [0.5, 0.6) is 0 Å². The summed E-state index contributed by atoms with van der Waals surface area (Å²) in [5, 5.41) is 2.49. The fraction of sp³-hybridized carbons (Fsp3) is 0.231. The molecule has 0 aliphatic rings. The van der Waals surface area contributed by atoms with E-state index in [2.05, 4.69) is 5.32 Å². The molecule has 0 saturated heterocycles. The molecule has 1 aromatic carbocycles. The van der Waals surface area contributed by atoms with E-state index >= 15 is 0 Å². The fourth-order valence-electron chi connectivity index (χ4n) is 1.13. The monoisotopic (exact) mass is 233 g/mol. The van der Waals surface area contributed by atoms with E-state index in [1.54, 1.807) is 36.4 Å². The molecule has 0 aliphatic carbocycles. The molecule has 0 spiro atoms. The molecule has 4 heteroatoms. The molecule has 0 heterocycles. The highest BCUT2D eigenvalue weighted by molar-refractivity contribution is 5.95. The molecule has 90 valence electrons. The molecule has 0 aromatic heterocycles. The summed E-state index contributed by atoms with van der Waals surface area (Å²) < 4.78 is 4.83. The van der Waals surface area contributed by atoms with Crippen molar-refractivity contribution in [2.45, 2.75) is 6.92 Å². The number of carbonyl (C=O) groups is 2. The summed E-state index contributed by atoms with van der Waals surface area (Å²) in [6, 6.07) is 8.71. The zero-order valence-electron chi connectivity index (χ0n) is 9.68. The molecule has 1 N–H and O–H groups in total. The minimum absolute atomic E-state index is 0.120. The Morgan fingerprint density at radius 3 is 2.65 bits per heavy atom. The Hall–Kier alpha value is -2.10. The Bertz CT molecular complexity index is 398. The van der Waals surface area contributed by atoms with E-state index in [0.717, 1.165) is 0 Å². The Balaban J connectivity index is 2.31. The first-order valence-electron chi connectivity index (χ1n) is 5.34. The zero-order chi connectivity index (χ0) is 12.5. The normalized spacial score (nSPS) is 10.2. The Morgan fingerprint density at radius 1 is 1.29 bits per heavy atom. The Labute approximate surface area is 100 Å². The number of benzene rings is 1. The van der Waals surface area contributed by atoms with Crippen molar-refractivity contribution in [3.8, 4) is 0 Å². The highest BCUT2D eigenvalue weighted by atomic mass is 16.5. The maximum Gasteiger partial charge on any atom is 0.325 e. The third-order valence-corrected chi connectivity index (χ3v) is 2.01. The van der Waals surface area contributed by atoms with Crippen LogP contribution in [0.25, 0.3) is 0 Å². The molecule has 0 aliphatic heterocycles. The van der Waals surface area contributed by atoms with E-state index in [4.69, 9.17) is 4.74 Å². The summed E-state index contributed by atoms with van der Waals surface area (Å²) in [5.74, 6) is -0.735. The number of allylic oxidation sites excluding steroid dienone is 1. The predicted molar refractivity (Wildman–Crippen MR) is 64.5 cm³/mol. The highest BCUT2D eigenvalue weighted by Gasteiger charge is 2.07. The summed E-state index contributed by atoms with van der Waals surface area (Å²) in [4.78, 5) is 22.7. The van der Waals surface area contributed by atoms with E-state index in [-0.39, 0.29) is 19.1 Å². The third kappa shape index (κ3) is 4.97. The first-order chi connectivity index (χ1) is 8.24. The summed E-state index contributed by atoms with van der Waals surface area (Å²) >= 11 is 0. The number of amides is 1. The lowest BCUT2D eigenvalue weighted by molar-refractivity contribution is -0.141. The van der Waals surface area contributed by atoms with Crippen LogP contribution < -0.4 is 5.32 Å². The first-order valence-corrected chi connectivity index (χ1v) is 5.34. The zero-order valence-corrected chi connectivity index (χ0v) is 9.68. The van der Waals surface area contributed by atoms with E-state index in [1.807, 2.05) is 13.0 Å². The minimum atomic E-state index is -0.451. The van der Waals surface area contributed by atoms with E-state index < -0.39 is 5.97 Å². The van der Waals surface area contributed by atoms with E-state index in [0.29, 0.717) is 5.56 Å². The second-order valence-electron chi connectivity index (χ2n) is 3.30. The quantitative estimate of drug-likeness (QED) is 0.620. The second kappa shape index (κ2) is 7.22. The van der Waals surface area contributed by atoms with Crippen LogP contribution in [0.4, 0.5) is 0 Å². The van der Waals surface area contributed by atoms with Gasteiger partial charge in [0.1, 0.15) is 13.2 Å². The maximum atomic E-state index is 11.5. The van der Waals surface area contributed by atoms with Gasteiger partial charge in [0, 0.05) is 5.56 Å².